The van der Waals surface area contributed by atoms with E-state index in [1.807, 2.05) is 0 Å². The van der Waals surface area contributed by atoms with Gasteiger partial charge in [0.2, 0.25) is 0 Å². The molecule has 0 fully saturated rings. The molecule has 0 saturated carbocycles. The van der Waals surface area contributed by atoms with Gasteiger partial charge in [-0.15, -0.1) is 4.48 Å². The summed E-state index contributed by atoms with van der Waals surface area (Å²) in [5.74, 6) is -1.44. The summed E-state index contributed by atoms with van der Waals surface area (Å²) < 4.78 is -0.781. The minimum Gasteiger partial charge on any atom is -0.326 e. The normalized spacial score (nSPS) is 11.1. The summed E-state index contributed by atoms with van der Waals surface area (Å²) in [4.78, 5) is 33.6. The van der Waals surface area contributed by atoms with Crippen molar-refractivity contribution in [1.29, 1.82) is 0 Å². The van der Waals surface area contributed by atoms with Crippen molar-refractivity contribution in [1.82, 2.24) is 0 Å². The van der Waals surface area contributed by atoms with Crippen LogP contribution in [0, 0.1) is 0 Å². The molecular formula is C8H15N2O3+. The molecule has 0 aliphatic rings. The molecule has 0 radical (unpaired) electrons. The second kappa shape index (κ2) is 4.25. The largest absolute Gasteiger partial charge is 0.326 e. The van der Waals surface area contributed by atoms with Crippen molar-refractivity contribution in [3.05, 3.63) is 0 Å². The molecule has 2 N–H and O–H groups in total. The molecule has 13 heavy (non-hydrogen) atoms. The summed E-state index contributed by atoms with van der Waals surface area (Å²) in [7, 11) is 0. The van der Waals surface area contributed by atoms with Gasteiger partial charge in [0.15, 0.2) is 0 Å². The number of carbonyl (C=O) groups excluding carboxylic acids is 3. The van der Waals surface area contributed by atoms with E-state index in [4.69, 9.17) is 5.73 Å². The van der Waals surface area contributed by atoms with E-state index < -0.39 is 22.2 Å². The fraction of sp³-hybridized carbons (Fsp3) is 0.625. The maximum atomic E-state index is 11.2. The molecule has 0 heterocycles. The Bertz CT molecular complexity index is 212. The average Bonchev–Trinajstić information content (AvgIpc) is 1.97. The molecule has 0 spiro atoms. The summed E-state index contributed by atoms with van der Waals surface area (Å²) >= 11 is 0. The van der Waals surface area contributed by atoms with Gasteiger partial charge >= 0.3 is 17.7 Å². The van der Waals surface area contributed by atoms with Crippen LogP contribution in [-0.4, -0.2) is 35.3 Å². The highest BCUT2D eigenvalue weighted by Gasteiger charge is 2.43. The number of quaternary nitrogens is 1. The summed E-state index contributed by atoms with van der Waals surface area (Å²) in [5.41, 5.74) is 5.26. The Labute approximate surface area is 77.1 Å². The Hall–Kier alpha value is -1.07. The fourth-order valence-corrected chi connectivity index (χ4v) is 1.33. The van der Waals surface area contributed by atoms with Gasteiger partial charge in [0.1, 0.15) is 6.54 Å². The van der Waals surface area contributed by atoms with Crippen LogP contribution in [0.4, 0.5) is 0 Å². The Kier molecular flexibility index (Phi) is 3.90. The molecule has 0 unspecified atom stereocenters. The van der Waals surface area contributed by atoms with E-state index in [2.05, 4.69) is 0 Å². The lowest BCUT2D eigenvalue weighted by molar-refractivity contribution is -0.699. The molecule has 0 aliphatic heterocycles. The van der Waals surface area contributed by atoms with Crippen LogP contribution < -0.4 is 5.73 Å². The van der Waals surface area contributed by atoms with Gasteiger partial charge in [-0.2, -0.15) is 0 Å². The monoisotopic (exact) mass is 187 g/mol. The summed E-state index contributed by atoms with van der Waals surface area (Å²) in [6.07, 6.45) is 0. The van der Waals surface area contributed by atoms with Gasteiger partial charge in [0, 0.05) is 6.54 Å². The highest BCUT2D eigenvalue weighted by molar-refractivity contribution is 5.95. The maximum absolute atomic E-state index is 11.2. The smallest absolute Gasteiger partial charge is 0.325 e. The Morgan fingerprint density at radius 2 is 1.31 bits per heavy atom. The molecule has 0 rings (SSSR count). The summed E-state index contributed by atoms with van der Waals surface area (Å²) in [5, 5.41) is 0. The van der Waals surface area contributed by atoms with Crippen LogP contribution in [0.3, 0.4) is 0 Å². The second-order valence-corrected chi connectivity index (χ2v) is 2.88. The van der Waals surface area contributed by atoms with Crippen LogP contribution in [0.1, 0.15) is 20.8 Å². The third-order valence-corrected chi connectivity index (χ3v) is 2.08. The molecule has 0 bridgehead atoms. The van der Waals surface area contributed by atoms with E-state index in [-0.39, 0.29) is 13.1 Å². The number of carbonyl (C=O) groups is 3. The van der Waals surface area contributed by atoms with Crippen molar-refractivity contribution in [3.8, 4) is 0 Å². The first-order chi connectivity index (χ1) is 5.89. The SMILES string of the molecule is CC(=O)[N+](CCN)(C(C)=O)C(C)=O. The molecule has 5 nitrogen and oxygen atoms in total. The highest BCUT2D eigenvalue weighted by atomic mass is 16.2. The van der Waals surface area contributed by atoms with Crippen molar-refractivity contribution in [2.45, 2.75) is 20.8 Å². The summed E-state index contributed by atoms with van der Waals surface area (Å²) in [6.45, 7) is 3.83. The van der Waals surface area contributed by atoms with E-state index in [9.17, 15) is 14.4 Å². The molecule has 0 aromatic heterocycles. The van der Waals surface area contributed by atoms with Crippen LogP contribution in [0.5, 0.6) is 0 Å². The van der Waals surface area contributed by atoms with E-state index >= 15 is 0 Å². The number of amides is 3. The first-order valence-electron chi connectivity index (χ1n) is 4.01. The molecule has 0 aromatic rings. The van der Waals surface area contributed by atoms with E-state index in [1.54, 1.807) is 0 Å². The maximum Gasteiger partial charge on any atom is 0.325 e. The zero-order valence-corrected chi connectivity index (χ0v) is 8.16. The van der Waals surface area contributed by atoms with Crippen LogP contribution >= 0.6 is 0 Å². The van der Waals surface area contributed by atoms with Gasteiger partial charge in [-0.05, 0) is 0 Å². The number of imide groups is 3. The first kappa shape index (κ1) is 11.9. The van der Waals surface area contributed by atoms with Crippen molar-refractivity contribution >= 4 is 17.7 Å². The number of hydrogen-bond acceptors (Lipinski definition) is 4. The van der Waals surface area contributed by atoms with E-state index in [0.717, 1.165) is 0 Å². The third kappa shape index (κ3) is 1.99. The summed E-state index contributed by atoms with van der Waals surface area (Å²) in [6, 6.07) is 0. The van der Waals surface area contributed by atoms with Gasteiger partial charge in [-0.3, -0.25) is 0 Å². The Balaban J connectivity index is 5.18. The predicted molar refractivity (Wildman–Crippen MR) is 46.2 cm³/mol. The van der Waals surface area contributed by atoms with Crippen LogP contribution in [0.15, 0.2) is 0 Å². The lowest BCUT2D eigenvalue weighted by atomic mass is 10.3. The van der Waals surface area contributed by atoms with Crippen molar-refractivity contribution < 1.29 is 18.9 Å². The quantitative estimate of drug-likeness (QED) is 0.586. The standard InChI is InChI=1S/C8H15N2O3/c1-6(11)10(5-4-9,7(2)12)8(3)13/h4-5,9H2,1-3H3/q+1. The molecular weight excluding hydrogens is 172 g/mol. The predicted octanol–water partition coefficient (Wildman–Crippen LogP) is -0.599. The molecule has 3 amide bonds. The minimum absolute atomic E-state index is 0.0417. The van der Waals surface area contributed by atoms with Gasteiger partial charge in [0.25, 0.3) is 0 Å². The lowest BCUT2D eigenvalue weighted by Crippen LogP contribution is -2.60. The minimum atomic E-state index is -0.781. The molecule has 0 atom stereocenters. The molecule has 0 aromatic carbocycles. The Morgan fingerprint density at radius 1 is 1.00 bits per heavy atom. The van der Waals surface area contributed by atoms with Crippen molar-refractivity contribution in [2.75, 3.05) is 13.1 Å². The van der Waals surface area contributed by atoms with Crippen LogP contribution in [-0.2, 0) is 14.4 Å². The van der Waals surface area contributed by atoms with E-state index in [0.29, 0.717) is 0 Å². The number of rotatable bonds is 2. The fourth-order valence-electron chi connectivity index (χ4n) is 1.33. The average molecular weight is 187 g/mol. The van der Waals surface area contributed by atoms with Gasteiger partial charge in [-0.1, -0.05) is 0 Å². The third-order valence-electron chi connectivity index (χ3n) is 2.08. The van der Waals surface area contributed by atoms with Crippen LogP contribution in [0.2, 0.25) is 0 Å². The lowest BCUT2D eigenvalue weighted by Gasteiger charge is -2.26. The first-order valence-corrected chi connectivity index (χ1v) is 4.01. The Morgan fingerprint density at radius 3 is 1.38 bits per heavy atom. The molecule has 0 aliphatic carbocycles. The molecule has 5 heteroatoms. The van der Waals surface area contributed by atoms with Gasteiger partial charge < -0.3 is 5.73 Å². The van der Waals surface area contributed by atoms with Crippen molar-refractivity contribution in [3.63, 3.8) is 0 Å². The van der Waals surface area contributed by atoms with Gasteiger partial charge in [-0.25, -0.2) is 14.4 Å². The number of nitrogens with zero attached hydrogens (tertiary/aromatic N) is 1. The highest BCUT2D eigenvalue weighted by Crippen LogP contribution is 2.09. The molecule has 0 saturated heterocycles. The van der Waals surface area contributed by atoms with E-state index in [1.165, 1.54) is 20.8 Å². The number of hydrogen-bond donors (Lipinski definition) is 1. The van der Waals surface area contributed by atoms with Gasteiger partial charge in [0.05, 0.1) is 20.8 Å². The van der Waals surface area contributed by atoms with Crippen molar-refractivity contribution in [2.24, 2.45) is 5.73 Å². The molecule has 74 valence electrons. The van der Waals surface area contributed by atoms with Crippen LogP contribution in [0.25, 0.3) is 0 Å². The number of nitrogens with two attached hydrogens (primary N) is 1. The zero-order chi connectivity index (χ0) is 10.6. The topological polar surface area (TPSA) is 77.2 Å². The zero-order valence-electron chi connectivity index (χ0n) is 8.16. The second-order valence-electron chi connectivity index (χ2n) is 2.88.